The third-order valence-corrected chi connectivity index (χ3v) is 6.03. The van der Waals surface area contributed by atoms with Crippen LogP contribution in [0.5, 0.6) is 0 Å². The minimum Gasteiger partial charge on any atom is -0.370 e. The molecule has 0 radical (unpaired) electrons. The largest absolute Gasteiger partial charge is 0.370 e. The Morgan fingerprint density at radius 1 is 0.952 bits per heavy atom. The Hall–Kier alpha value is -0.120. The predicted molar refractivity (Wildman–Crippen MR) is 87.4 cm³/mol. The van der Waals surface area contributed by atoms with Crippen LogP contribution in [0.15, 0.2) is 0 Å². The summed E-state index contributed by atoms with van der Waals surface area (Å²) >= 11 is 0. The maximum absolute atomic E-state index is 6.54. The second kappa shape index (κ2) is 7.43. The molecule has 3 nitrogen and oxygen atoms in total. The first-order chi connectivity index (χ1) is 10.3. The van der Waals surface area contributed by atoms with E-state index in [0.29, 0.717) is 6.10 Å². The molecule has 1 spiro atoms. The van der Waals surface area contributed by atoms with Crippen molar-refractivity contribution in [3.63, 3.8) is 0 Å². The molecule has 0 amide bonds. The first-order valence-electron chi connectivity index (χ1n) is 9.43. The molecule has 0 aromatic rings. The molecule has 2 N–H and O–H groups in total. The van der Waals surface area contributed by atoms with Crippen LogP contribution in [0.1, 0.15) is 77.0 Å². The van der Waals surface area contributed by atoms with Crippen molar-refractivity contribution in [2.75, 3.05) is 19.6 Å². The Balaban J connectivity index is 1.53. The van der Waals surface area contributed by atoms with Crippen LogP contribution >= 0.6 is 0 Å². The van der Waals surface area contributed by atoms with Gasteiger partial charge in [0.15, 0.2) is 0 Å². The van der Waals surface area contributed by atoms with Crippen LogP contribution in [0.3, 0.4) is 0 Å². The summed E-state index contributed by atoms with van der Waals surface area (Å²) in [6.07, 6.45) is 16.7. The van der Waals surface area contributed by atoms with Gasteiger partial charge in [-0.2, -0.15) is 0 Å². The lowest BCUT2D eigenvalue weighted by Gasteiger charge is -2.36. The van der Waals surface area contributed by atoms with Crippen LogP contribution in [0.2, 0.25) is 0 Å². The molecule has 3 aliphatic rings. The van der Waals surface area contributed by atoms with Gasteiger partial charge in [-0.15, -0.1) is 0 Å². The summed E-state index contributed by atoms with van der Waals surface area (Å²) in [7, 11) is 0. The van der Waals surface area contributed by atoms with Gasteiger partial charge in [0.1, 0.15) is 0 Å². The number of hydrogen-bond acceptors (Lipinski definition) is 3. The van der Waals surface area contributed by atoms with E-state index in [1.54, 1.807) is 0 Å². The van der Waals surface area contributed by atoms with Gasteiger partial charge in [-0.05, 0) is 58.0 Å². The van der Waals surface area contributed by atoms with Crippen LogP contribution in [0, 0.1) is 0 Å². The fraction of sp³-hybridized carbons (Fsp3) is 1.00. The second-order valence-electron chi connectivity index (χ2n) is 7.60. The number of hydrogen-bond donors (Lipinski definition) is 1. The lowest BCUT2D eigenvalue weighted by atomic mass is 9.93. The molecule has 0 aromatic heterocycles. The zero-order chi connectivity index (χ0) is 14.5. The molecular formula is C18H34N2O. The van der Waals surface area contributed by atoms with Gasteiger partial charge in [-0.25, -0.2) is 0 Å². The number of rotatable bonds is 6. The highest BCUT2D eigenvalue weighted by Crippen LogP contribution is 2.43. The fourth-order valence-electron chi connectivity index (χ4n) is 4.84. The number of nitrogens with zero attached hydrogens (tertiary/aromatic N) is 1. The van der Waals surface area contributed by atoms with Gasteiger partial charge in [0, 0.05) is 12.6 Å². The lowest BCUT2D eigenvalue weighted by Crippen LogP contribution is -2.43. The molecule has 1 heterocycles. The Labute approximate surface area is 130 Å². The summed E-state index contributed by atoms with van der Waals surface area (Å²) in [6, 6.07) is 0.800. The smallest absolute Gasteiger partial charge is 0.0710 e. The van der Waals surface area contributed by atoms with E-state index in [2.05, 4.69) is 4.90 Å². The molecule has 0 aromatic carbocycles. The molecule has 3 fully saturated rings. The van der Waals surface area contributed by atoms with E-state index in [1.807, 2.05) is 0 Å². The fourth-order valence-corrected chi connectivity index (χ4v) is 4.84. The standard InChI is InChI=1S/C18H34N2O/c19-13-6-14-20(16-7-2-1-3-8-16)15-17-9-12-18(21-17)10-4-5-11-18/h16-17H,1-15,19H2. The molecule has 1 aliphatic heterocycles. The Bertz CT molecular complexity index is 308. The average molecular weight is 294 g/mol. The molecule has 2 saturated carbocycles. The second-order valence-corrected chi connectivity index (χ2v) is 7.60. The third kappa shape index (κ3) is 4.00. The predicted octanol–water partition coefficient (Wildman–Crippen LogP) is 3.46. The van der Waals surface area contributed by atoms with Crippen LogP contribution in [0.4, 0.5) is 0 Å². The SMILES string of the molecule is NCCCN(CC1CCC2(CCCC2)O1)C1CCCCC1. The average Bonchev–Trinajstić information content (AvgIpc) is 3.15. The van der Waals surface area contributed by atoms with Crippen molar-refractivity contribution < 1.29 is 4.74 Å². The maximum Gasteiger partial charge on any atom is 0.0710 e. The minimum absolute atomic E-state index is 0.288. The van der Waals surface area contributed by atoms with Gasteiger partial charge in [0.05, 0.1) is 11.7 Å². The first kappa shape index (κ1) is 15.8. The number of ether oxygens (including phenoxy) is 1. The normalized spacial score (nSPS) is 29.7. The monoisotopic (exact) mass is 294 g/mol. The van der Waals surface area contributed by atoms with Crippen molar-refractivity contribution in [1.29, 1.82) is 0 Å². The Kier molecular flexibility index (Phi) is 5.58. The zero-order valence-electron chi connectivity index (χ0n) is 13.7. The van der Waals surface area contributed by atoms with E-state index in [1.165, 1.54) is 77.2 Å². The molecule has 1 unspecified atom stereocenters. The van der Waals surface area contributed by atoms with Crippen LogP contribution < -0.4 is 5.73 Å². The van der Waals surface area contributed by atoms with Gasteiger partial charge in [-0.1, -0.05) is 32.1 Å². The summed E-state index contributed by atoms with van der Waals surface area (Å²) in [5, 5.41) is 0. The third-order valence-electron chi connectivity index (χ3n) is 6.03. The Morgan fingerprint density at radius 3 is 2.43 bits per heavy atom. The molecule has 3 rings (SSSR count). The van der Waals surface area contributed by atoms with Crippen molar-refractivity contribution in [2.24, 2.45) is 5.73 Å². The quantitative estimate of drug-likeness (QED) is 0.815. The Morgan fingerprint density at radius 2 is 1.71 bits per heavy atom. The summed E-state index contributed by atoms with van der Waals surface area (Å²) in [5.74, 6) is 0. The summed E-state index contributed by atoms with van der Waals surface area (Å²) < 4.78 is 6.54. The van der Waals surface area contributed by atoms with E-state index in [-0.39, 0.29) is 5.60 Å². The summed E-state index contributed by atoms with van der Waals surface area (Å²) in [4.78, 5) is 2.73. The summed E-state index contributed by atoms with van der Waals surface area (Å²) in [6.45, 7) is 3.15. The molecule has 2 aliphatic carbocycles. The summed E-state index contributed by atoms with van der Waals surface area (Å²) in [5.41, 5.74) is 6.04. The molecule has 3 heteroatoms. The maximum atomic E-state index is 6.54. The van der Waals surface area contributed by atoms with E-state index in [9.17, 15) is 0 Å². The topological polar surface area (TPSA) is 38.5 Å². The van der Waals surface area contributed by atoms with E-state index in [0.717, 1.165) is 25.6 Å². The van der Waals surface area contributed by atoms with Crippen molar-refractivity contribution in [1.82, 2.24) is 4.90 Å². The highest BCUT2D eigenvalue weighted by atomic mass is 16.5. The van der Waals surface area contributed by atoms with E-state index in [4.69, 9.17) is 10.5 Å². The van der Waals surface area contributed by atoms with Gasteiger partial charge in [-0.3, -0.25) is 4.90 Å². The van der Waals surface area contributed by atoms with Crippen LogP contribution in [-0.4, -0.2) is 42.3 Å². The van der Waals surface area contributed by atoms with Crippen molar-refractivity contribution in [3.05, 3.63) is 0 Å². The first-order valence-corrected chi connectivity index (χ1v) is 9.43. The van der Waals surface area contributed by atoms with Crippen molar-refractivity contribution >= 4 is 0 Å². The minimum atomic E-state index is 0.288. The molecule has 122 valence electrons. The van der Waals surface area contributed by atoms with Crippen molar-refractivity contribution in [2.45, 2.75) is 94.8 Å². The highest BCUT2D eigenvalue weighted by Gasteiger charge is 2.42. The molecule has 1 saturated heterocycles. The number of nitrogens with two attached hydrogens (primary N) is 1. The molecule has 1 atom stereocenters. The van der Waals surface area contributed by atoms with Gasteiger partial charge in [0.25, 0.3) is 0 Å². The van der Waals surface area contributed by atoms with Crippen molar-refractivity contribution in [3.8, 4) is 0 Å². The molecule has 21 heavy (non-hydrogen) atoms. The van der Waals surface area contributed by atoms with Gasteiger partial charge < -0.3 is 10.5 Å². The highest BCUT2D eigenvalue weighted by molar-refractivity contribution is 4.94. The van der Waals surface area contributed by atoms with E-state index < -0.39 is 0 Å². The molecule has 0 bridgehead atoms. The van der Waals surface area contributed by atoms with Crippen LogP contribution in [0.25, 0.3) is 0 Å². The van der Waals surface area contributed by atoms with Gasteiger partial charge >= 0.3 is 0 Å². The zero-order valence-corrected chi connectivity index (χ0v) is 13.7. The van der Waals surface area contributed by atoms with Crippen LogP contribution in [-0.2, 0) is 4.74 Å². The van der Waals surface area contributed by atoms with Gasteiger partial charge in [0.2, 0.25) is 0 Å². The lowest BCUT2D eigenvalue weighted by molar-refractivity contribution is -0.0529. The van der Waals surface area contributed by atoms with E-state index >= 15 is 0 Å². The molecular weight excluding hydrogens is 260 g/mol.